The van der Waals surface area contributed by atoms with Crippen LogP contribution >= 0.6 is 0 Å². The highest BCUT2D eigenvalue weighted by molar-refractivity contribution is 6.10. The number of rotatable bonds is 2. The summed E-state index contributed by atoms with van der Waals surface area (Å²) in [7, 11) is 0. The Hall–Kier alpha value is -3.84. The molecule has 0 saturated carbocycles. The largest absolute Gasteiger partial charge is 0.355 e. The van der Waals surface area contributed by atoms with Crippen molar-refractivity contribution < 1.29 is 0 Å². The summed E-state index contributed by atoms with van der Waals surface area (Å²) in [5, 5.41) is 13.8. The lowest BCUT2D eigenvalue weighted by atomic mass is 10.0. The molecule has 0 bridgehead atoms. The quantitative estimate of drug-likeness (QED) is 0.304. The Labute approximate surface area is 169 Å². The highest BCUT2D eigenvalue weighted by Gasteiger charge is 2.05. The zero-order chi connectivity index (χ0) is 19.2. The van der Waals surface area contributed by atoms with Crippen LogP contribution in [0.25, 0.3) is 43.1 Å². The van der Waals surface area contributed by atoms with Gasteiger partial charge in [-0.3, -0.25) is 0 Å². The van der Waals surface area contributed by atoms with E-state index in [2.05, 4.69) is 115 Å². The number of nitrogens with one attached hydrogen (secondary N) is 1. The van der Waals surface area contributed by atoms with Gasteiger partial charge in [-0.05, 0) is 67.4 Å². The second kappa shape index (κ2) is 6.35. The van der Waals surface area contributed by atoms with Crippen LogP contribution < -0.4 is 5.32 Å². The number of hydrogen-bond acceptors (Lipinski definition) is 1. The van der Waals surface area contributed by atoms with Crippen LogP contribution in [0.15, 0.2) is 109 Å². The Morgan fingerprint density at radius 3 is 1.21 bits per heavy atom. The molecule has 1 heteroatoms. The zero-order valence-corrected chi connectivity index (χ0v) is 15.9. The molecular weight excluding hydrogens is 350 g/mol. The molecule has 0 fully saturated rings. The van der Waals surface area contributed by atoms with Gasteiger partial charge in [0.1, 0.15) is 0 Å². The Kier molecular flexibility index (Phi) is 3.54. The van der Waals surface area contributed by atoms with E-state index in [1.807, 2.05) is 0 Å². The lowest BCUT2D eigenvalue weighted by molar-refractivity contribution is 1.60. The smallest absolute Gasteiger partial charge is 0.0390 e. The molecule has 6 aromatic carbocycles. The lowest BCUT2D eigenvalue weighted by Gasteiger charge is -2.11. The average Bonchev–Trinajstić information content (AvgIpc) is 2.79. The molecule has 0 aromatic heterocycles. The minimum atomic E-state index is 1.11. The summed E-state index contributed by atoms with van der Waals surface area (Å²) in [5.41, 5.74) is 2.21. The van der Waals surface area contributed by atoms with Gasteiger partial charge in [0.05, 0.1) is 0 Å². The maximum Gasteiger partial charge on any atom is 0.0390 e. The summed E-state index contributed by atoms with van der Waals surface area (Å²) in [4.78, 5) is 0. The summed E-state index contributed by atoms with van der Waals surface area (Å²) in [5.74, 6) is 0. The molecule has 1 nitrogen and oxygen atoms in total. The lowest BCUT2D eigenvalue weighted by Crippen LogP contribution is -1.91. The Bertz CT molecular complexity index is 1410. The summed E-state index contributed by atoms with van der Waals surface area (Å²) in [6.07, 6.45) is 0. The predicted molar refractivity (Wildman–Crippen MR) is 126 cm³/mol. The van der Waals surface area contributed by atoms with E-state index in [-0.39, 0.29) is 0 Å². The van der Waals surface area contributed by atoms with Gasteiger partial charge in [0.15, 0.2) is 0 Å². The summed E-state index contributed by atoms with van der Waals surface area (Å²) in [6, 6.07) is 39.1. The third-order valence-corrected chi connectivity index (χ3v) is 5.78. The van der Waals surface area contributed by atoms with Crippen molar-refractivity contribution in [3.8, 4) is 0 Å². The summed E-state index contributed by atoms with van der Waals surface area (Å²) >= 11 is 0. The van der Waals surface area contributed by atoms with E-state index in [0.29, 0.717) is 0 Å². The fraction of sp³-hybridized carbons (Fsp3) is 0. The van der Waals surface area contributed by atoms with Crippen LogP contribution in [0.1, 0.15) is 0 Å². The van der Waals surface area contributed by atoms with Gasteiger partial charge in [0.2, 0.25) is 0 Å². The van der Waals surface area contributed by atoms with Crippen LogP contribution in [0.5, 0.6) is 0 Å². The van der Waals surface area contributed by atoms with Gasteiger partial charge < -0.3 is 5.32 Å². The van der Waals surface area contributed by atoms with Crippen LogP contribution in [0.2, 0.25) is 0 Å². The molecule has 0 unspecified atom stereocenters. The molecule has 0 spiro atoms. The minimum absolute atomic E-state index is 1.11. The molecule has 0 aliphatic heterocycles. The molecule has 0 aliphatic carbocycles. The maximum absolute atomic E-state index is 3.62. The number of fused-ring (bicyclic) bond motifs is 6. The minimum Gasteiger partial charge on any atom is -0.355 e. The van der Waals surface area contributed by atoms with Crippen LogP contribution in [0, 0.1) is 0 Å². The van der Waals surface area contributed by atoms with Crippen molar-refractivity contribution in [3.63, 3.8) is 0 Å². The topological polar surface area (TPSA) is 12.0 Å². The first-order chi connectivity index (χ1) is 14.3. The highest BCUT2D eigenvalue weighted by Crippen LogP contribution is 2.31. The van der Waals surface area contributed by atoms with Gasteiger partial charge in [-0.1, -0.05) is 84.9 Å². The molecule has 0 heterocycles. The standard InChI is InChI=1S/C28H19N/c1-3-7-25-19(5-1)9-11-21-13-15-23(17-27(21)25)29-24-16-14-22-12-10-20-6-2-4-8-26(20)28(22)18-24/h1-18,29H. The van der Waals surface area contributed by atoms with Crippen LogP contribution in [-0.2, 0) is 0 Å². The van der Waals surface area contributed by atoms with Gasteiger partial charge in [-0.25, -0.2) is 0 Å². The van der Waals surface area contributed by atoms with Crippen molar-refractivity contribution in [2.75, 3.05) is 5.32 Å². The fourth-order valence-electron chi connectivity index (χ4n) is 4.33. The first-order valence-corrected chi connectivity index (χ1v) is 9.95. The van der Waals surface area contributed by atoms with Gasteiger partial charge in [-0.15, -0.1) is 0 Å². The van der Waals surface area contributed by atoms with Gasteiger partial charge in [0.25, 0.3) is 0 Å². The molecule has 29 heavy (non-hydrogen) atoms. The number of anilines is 2. The van der Waals surface area contributed by atoms with E-state index < -0.39 is 0 Å². The third-order valence-electron chi connectivity index (χ3n) is 5.78. The van der Waals surface area contributed by atoms with Crippen molar-refractivity contribution in [1.82, 2.24) is 0 Å². The zero-order valence-electron chi connectivity index (χ0n) is 15.9. The molecule has 1 N–H and O–H groups in total. The maximum atomic E-state index is 3.62. The van der Waals surface area contributed by atoms with Gasteiger partial charge in [0, 0.05) is 11.4 Å². The molecule has 0 amide bonds. The van der Waals surface area contributed by atoms with Crippen molar-refractivity contribution in [2.45, 2.75) is 0 Å². The molecule has 0 aliphatic rings. The van der Waals surface area contributed by atoms with Crippen LogP contribution in [0.4, 0.5) is 11.4 Å². The second-order valence-corrected chi connectivity index (χ2v) is 7.57. The van der Waals surface area contributed by atoms with Crippen LogP contribution in [0.3, 0.4) is 0 Å². The number of benzene rings is 6. The summed E-state index contributed by atoms with van der Waals surface area (Å²) in [6.45, 7) is 0. The van der Waals surface area contributed by atoms with E-state index in [9.17, 15) is 0 Å². The fourth-order valence-corrected chi connectivity index (χ4v) is 4.33. The van der Waals surface area contributed by atoms with Crippen molar-refractivity contribution in [2.24, 2.45) is 0 Å². The number of hydrogen-bond donors (Lipinski definition) is 1. The predicted octanol–water partition coefficient (Wildman–Crippen LogP) is 8.04. The Morgan fingerprint density at radius 1 is 0.345 bits per heavy atom. The van der Waals surface area contributed by atoms with E-state index in [1.54, 1.807) is 0 Å². The molecule has 0 atom stereocenters. The molecule has 0 saturated heterocycles. The monoisotopic (exact) mass is 369 g/mol. The Morgan fingerprint density at radius 2 is 0.724 bits per heavy atom. The first kappa shape index (κ1) is 16.1. The van der Waals surface area contributed by atoms with Gasteiger partial charge in [-0.2, -0.15) is 0 Å². The van der Waals surface area contributed by atoms with E-state index in [0.717, 1.165) is 11.4 Å². The van der Waals surface area contributed by atoms with E-state index in [4.69, 9.17) is 0 Å². The molecule has 0 radical (unpaired) electrons. The summed E-state index contributed by atoms with van der Waals surface area (Å²) < 4.78 is 0. The second-order valence-electron chi connectivity index (χ2n) is 7.57. The molecule has 136 valence electrons. The molecule has 6 aromatic rings. The molecular formula is C28H19N. The highest BCUT2D eigenvalue weighted by atomic mass is 14.9. The van der Waals surface area contributed by atoms with Crippen molar-refractivity contribution in [3.05, 3.63) is 109 Å². The van der Waals surface area contributed by atoms with Crippen molar-refractivity contribution >= 4 is 54.5 Å². The normalized spacial score (nSPS) is 11.4. The van der Waals surface area contributed by atoms with Crippen LogP contribution in [-0.4, -0.2) is 0 Å². The van der Waals surface area contributed by atoms with Gasteiger partial charge >= 0.3 is 0 Å². The Balaban J connectivity index is 1.48. The third kappa shape index (κ3) is 2.71. The first-order valence-electron chi connectivity index (χ1n) is 9.95. The van der Waals surface area contributed by atoms with E-state index in [1.165, 1.54) is 43.1 Å². The SMILES string of the molecule is c1ccc2c(c1)ccc1ccc(Nc3ccc4ccc5ccccc5c4c3)cc12. The van der Waals surface area contributed by atoms with E-state index >= 15 is 0 Å². The molecule has 6 rings (SSSR count). The van der Waals surface area contributed by atoms with Crippen molar-refractivity contribution in [1.29, 1.82) is 0 Å². The average molecular weight is 369 g/mol.